The molecule has 2 rings (SSSR count). The van der Waals surface area contributed by atoms with Crippen LogP contribution >= 0.6 is 0 Å². The molecule has 1 aliphatic rings. The summed E-state index contributed by atoms with van der Waals surface area (Å²) in [6, 6.07) is 5.96. The van der Waals surface area contributed by atoms with Gasteiger partial charge in [0.25, 0.3) is 0 Å². The number of carbonyl (C=O) groups is 1. The number of hydrogen-bond acceptors (Lipinski definition) is 3. The Kier molecular flexibility index (Phi) is 10.4. The number of rotatable bonds is 9. The molecular weight excluding hydrogens is 359 g/mol. The van der Waals surface area contributed by atoms with E-state index in [9.17, 15) is 9.18 Å². The monoisotopic (exact) mass is 392 g/mol. The summed E-state index contributed by atoms with van der Waals surface area (Å²) in [7, 11) is 1.72. The van der Waals surface area contributed by atoms with E-state index in [1.165, 1.54) is 50.7 Å². The topological polar surface area (TPSA) is 74.8 Å². The van der Waals surface area contributed by atoms with E-state index in [0.29, 0.717) is 38.3 Å². The van der Waals surface area contributed by atoms with Gasteiger partial charge in [0.05, 0.1) is 19.1 Å². The summed E-state index contributed by atoms with van der Waals surface area (Å²) in [6.07, 6.45) is 8.18. The van der Waals surface area contributed by atoms with E-state index in [0.717, 1.165) is 5.56 Å². The number of benzene rings is 1. The number of ether oxygens (including phenoxy) is 1. The maximum atomic E-state index is 12.9. The van der Waals surface area contributed by atoms with Crippen molar-refractivity contribution in [3.63, 3.8) is 0 Å². The van der Waals surface area contributed by atoms with Gasteiger partial charge in [-0.25, -0.2) is 4.39 Å². The van der Waals surface area contributed by atoms with Gasteiger partial charge in [-0.15, -0.1) is 0 Å². The van der Waals surface area contributed by atoms with Crippen LogP contribution in [-0.4, -0.2) is 51.3 Å². The molecule has 1 saturated carbocycles. The molecule has 0 heterocycles. The maximum absolute atomic E-state index is 12.9. The van der Waals surface area contributed by atoms with Gasteiger partial charge in [0.1, 0.15) is 5.82 Å². The van der Waals surface area contributed by atoms with Crippen LogP contribution in [0.2, 0.25) is 0 Å². The third kappa shape index (κ3) is 9.17. The van der Waals surface area contributed by atoms with Crippen LogP contribution in [0.5, 0.6) is 0 Å². The Hall–Kier alpha value is -2.15. The van der Waals surface area contributed by atoms with Gasteiger partial charge in [0, 0.05) is 26.7 Å². The molecule has 0 saturated heterocycles. The molecular formula is C21H33FN4O2. The normalized spacial score (nSPS) is 15.7. The van der Waals surface area contributed by atoms with Crippen LogP contribution in [0.3, 0.4) is 0 Å². The predicted molar refractivity (Wildman–Crippen MR) is 110 cm³/mol. The second kappa shape index (κ2) is 13.1. The van der Waals surface area contributed by atoms with E-state index < -0.39 is 0 Å². The lowest BCUT2D eigenvalue weighted by Gasteiger charge is -2.17. The Labute approximate surface area is 167 Å². The van der Waals surface area contributed by atoms with Crippen molar-refractivity contribution in [1.82, 2.24) is 16.0 Å². The lowest BCUT2D eigenvalue weighted by atomic mass is 10.1. The van der Waals surface area contributed by atoms with Crippen molar-refractivity contribution in [3.05, 3.63) is 35.6 Å². The van der Waals surface area contributed by atoms with Gasteiger partial charge in [-0.2, -0.15) is 0 Å². The number of halogens is 1. The zero-order valence-corrected chi connectivity index (χ0v) is 16.8. The first kappa shape index (κ1) is 22.1. The summed E-state index contributed by atoms with van der Waals surface area (Å²) in [5, 5.41) is 9.23. The highest BCUT2D eigenvalue weighted by Crippen LogP contribution is 2.19. The summed E-state index contributed by atoms with van der Waals surface area (Å²) in [5.74, 6) is 0.303. The van der Waals surface area contributed by atoms with Gasteiger partial charge in [0.15, 0.2) is 5.96 Å². The average Bonchev–Trinajstić information content (AvgIpc) is 2.97. The van der Waals surface area contributed by atoms with E-state index in [1.54, 1.807) is 19.2 Å². The number of guanidine groups is 1. The first-order chi connectivity index (χ1) is 13.7. The van der Waals surface area contributed by atoms with Gasteiger partial charge in [-0.05, 0) is 30.5 Å². The molecule has 0 unspecified atom stereocenters. The van der Waals surface area contributed by atoms with Crippen molar-refractivity contribution >= 4 is 11.9 Å². The summed E-state index contributed by atoms with van der Waals surface area (Å²) in [4.78, 5) is 16.1. The molecule has 6 nitrogen and oxygen atoms in total. The van der Waals surface area contributed by atoms with Crippen molar-refractivity contribution in [3.8, 4) is 0 Å². The first-order valence-electron chi connectivity index (χ1n) is 10.2. The second-order valence-corrected chi connectivity index (χ2v) is 7.06. The van der Waals surface area contributed by atoms with E-state index in [1.807, 2.05) is 0 Å². The Morgan fingerprint density at radius 3 is 2.36 bits per heavy atom. The van der Waals surface area contributed by atoms with Crippen LogP contribution in [0.1, 0.15) is 44.1 Å². The first-order valence-corrected chi connectivity index (χ1v) is 10.2. The van der Waals surface area contributed by atoms with Gasteiger partial charge < -0.3 is 20.7 Å². The summed E-state index contributed by atoms with van der Waals surface area (Å²) in [5.41, 5.74) is 0.790. The van der Waals surface area contributed by atoms with Gasteiger partial charge in [0.2, 0.25) is 5.91 Å². The predicted octanol–water partition coefficient (Wildman–Crippen LogP) is 2.39. The van der Waals surface area contributed by atoms with Crippen LogP contribution in [0.25, 0.3) is 0 Å². The van der Waals surface area contributed by atoms with Crippen LogP contribution < -0.4 is 16.0 Å². The molecule has 0 spiro atoms. The zero-order chi connectivity index (χ0) is 20.0. The SMILES string of the molecule is CN=C(NCCNC(=O)Cc1ccc(F)cc1)NCCOC1CCCCCC1. The molecule has 1 aromatic rings. The van der Waals surface area contributed by atoms with Gasteiger partial charge >= 0.3 is 0 Å². The highest BCUT2D eigenvalue weighted by atomic mass is 19.1. The Balaban J connectivity index is 1.52. The van der Waals surface area contributed by atoms with Crippen molar-refractivity contribution in [2.24, 2.45) is 4.99 Å². The molecule has 7 heteroatoms. The third-order valence-corrected chi connectivity index (χ3v) is 4.79. The fourth-order valence-corrected chi connectivity index (χ4v) is 3.26. The highest BCUT2D eigenvalue weighted by molar-refractivity contribution is 5.80. The number of nitrogens with one attached hydrogen (secondary N) is 3. The number of hydrogen-bond donors (Lipinski definition) is 3. The lowest BCUT2D eigenvalue weighted by Crippen LogP contribution is -2.42. The molecule has 1 fully saturated rings. The minimum absolute atomic E-state index is 0.0897. The Bertz CT molecular complexity index is 599. The quantitative estimate of drug-likeness (QED) is 0.261. The molecule has 28 heavy (non-hydrogen) atoms. The fourth-order valence-electron chi connectivity index (χ4n) is 3.26. The summed E-state index contributed by atoms with van der Waals surface area (Å²) in [6.45, 7) is 2.42. The number of nitrogens with zero attached hydrogens (tertiary/aromatic N) is 1. The summed E-state index contributed by atoms with van der Waals surface area (Å²) >= 11 is 0. The maximum Gasteiger partial charge on any atom is 0.224 e. The van der Waals surface area contributed by atoms with E-state index >= 15 is 0 Å². The Morgan fingerprint density at radius 2 is 1.68 bits per heavy atom. The van der Waals surface area contributed by atoms with E-state index in [-0.39, 0.29) is 18.1 Å². The minimum Gasteiger partial charge on any atom is -0.376 e. The van der Waals surface area contributed by atoms with Crippen molar-refractivity contribution in [2.75, 3.05) is 33.3 Å². The van der Waals surface area contributed by atoms with Crippen LogP contribution in [0.4, 0.5) is 4.39 Å². The molecule has 1 aromatic carbocycles. The molecule has 1 aliphatic carbocycles. The summed E-state index contributed by atoms with van der Waals surface area (Å²) < 4.78 is 18.8. The number of carbonyl (C=O) groups excluding carboxylic acids is 1. The van der Waals surface area contributed by atoms with E-state index in [4.69, 9.17) is 4.74 Å². The van der Waals surface area contributed by atoms with Crippen LogP contribution in [-0.2, 0) is 16.0 Å². The van der Waals surface area contributed by atoms with Gasteiger partial charge in [-0.1, -0.05) is 37.8 Å². The van der Waals surface area contributed by atoms with Crippen molar-refractivity contribution in [1.29, 1.82) is 0 Å². The van der Waals surface area contributed by atoms with Crippen molar-refractivity contribution in [2.45, 2.75) is 51.0 Å². The largest absolute Gasteiger partial charge is 0.376 e. The molecule has 0 bridgehead atoms. The molecule has 0 radical (unpaired) electrons. The average molecular weight is 393 g/mol. The lowest BCUT2D eigenvalue weighted by molar-refractivity contribution is -0.120. The third-order valence-electron chi connectivity index (χ3n) is 4.79. The Morgan fingerprint density at radius 1 is 1.04 bits per heavy atom. The second-order valence-electron chi connectivity index (χ2n) is 7.06. The van der Waals surface area contributed by atoms with Crippen LogP contribution in [0.15, 0.2) is 29.3 Å². The molecule has 0 aliphatic heterocycles. The van der Waals surface area contributed by atoms with Crippen molar-refractivity contribution < 1.29 is 13.9 Å². The number of amides is 1. The molecule has 1 amide bonds. The van der Waals surface area contributed by atoms with E-state index in [2.05, 4.69) is 20.9 Å². The smallest absolute Gasteiger partial charge is 0.224 e. The zero-order valence-electron chi connectivity index (χ0n) is 16.8. The molecule has 0 aromatic heterocycles. The highest BCUT2D eigenvalue weighted by Gasteiger charge is 2.12. The molecule has 3 N–H and O–H groups in total. The number of aliphatic imine (C=N–C) groups is 1. The fraction of sp³-hybridized carbons (Fsp3) is 0.619. The minimum atomic E-state index is -0.299. The standard InChI is InChI=1S/C21H33FN4O2/c1-23-21(26-14-15-28-19-6-4-2-3-5-7-19)25-13-12-24-20(27)16-17-8-10-18(22)11-9-17/h8-11,19H,2-7,12-16H2,1H3,(H,24,27)(H2,23,25,26). The van der Waals surface area contributed by atoms with Crippen LogP contribution in [0, 0.1) is 5.82 Å². The molecule has 0 atom stereocenters. The molecule has 156 valence electrons. The van der Waals surface area contributed by atoms with Gasteiger partial charge in [-0.3, -0.25) is 9.79 Å².